The van der Waals surface area contributed by atoms with Crippen LogP contribution >= 0.6 is 0 Å². The third kappa shape index (κ3) is 11.2. The first kappa shape index (κ1) is 19.3. The number of Topliss-reactive ketones (excluding diaryl/α,β-unsaturated/α-hetero) is 2. The van der Waals surface area contributed by atoms with E-state index >= 15 is 0 Å². The van der Waals surface area contributed by atoms with E-state index in [0.717, 1.165) is 12.8 Å². The fourth-order valence-corrected chi connectivity index (χ4v) is 2.17. The Kier molecular flexibility index (Phi) is 10.7. The number of hydrogen-bond acceptors (Lipinski definition) is 2. The van der Waals surface area contributed by atoms with Crippen molar-refractivity contribution in [3.63, 3.8) is 0 Å². The van der Waals surface area contributed by atoms with Crippen LogP contribution in [-0.4, -0.2) is 11.6 Å². The first-order valence-corrected chi connectivity index (χ1v) is 8.43. The number of unbranched alkanes of at least 4 members (excludes halogenated alkanes) is 8. The zero-order chi connectivity index (χ0) is 15.4. The zero-order valence-corrected chi connectivity index (χ0v) is 14.1. The number of rotatable bonds is 12. The summed E-state index contributed by atoms with van der Waals surface area (Å²) in [5, 5.41) is 0. The molecule has 0 amide bonds. The van der Waals surface area contributed by atoms with Crippen LogP contribution in [0.1, 0.15) is 98.3 Å². The molecule has 0 radical (unpaired) electrons. The molecule has 0 aromatic rings. The van der Waals surface area contributed by atoms with E-state index in [2.05, 4.69) is 6.92 Å². The summed E-state index contributed by atoms with van der Waals surface area (Å²) in [7, 11) is 0. The maximum Gasteiger partial charge on any atom is 0.145 e. The maximum absolute atomic E-state index is 11.7. The molecule has 0 aliphatic carbocycles. The lowest BCUT2D eigenvalue weighted by Crippen LogP contribution is -2.22. The molecule has 2 heteroatoms. The van der Waals surface area contributed by atoms with Gasteiger partial charge < -0.3 is 0 Å². The maximum atomic E-state index is 11.7. The normalized spacial score (nSPS) is 11.6. The highest BCUT2D eigenvalue weighted by molar-refractivity contribution is 6.01. The predicted molar refractivity (Wildman–Crippen MR) is 85.9 cm³/mol. The highest BCUT2D eigenvalue weighted by Crippen LogP contribution is 2.18. The summed E-state index contributed by atoms with van der Waals surface area (Å²) in [5.74, 6) is 0.186. The summed E-state index contributed by atoms with van der Waals surface area (Å²) < 4.78 is 0. The summed E-state index contributed by atoms with van der Waals surface area (Å²) in [6.45, 7) is 7.87. The van der Waals surface area contributed by atoms with Crippen molar-refractivity contribution < 1.29 is 9.59 Å². The molecule has 0 bridgehead atoms. The Bertz CT molecular complexity index is 274. The Morgan fingerprint density at radius 1 is 0.750 bits per heavy atom. The quantitative estimate of drug-likeness (QED) is 0.351. The molecule has 0 aliphatic heterocycles. The first-order valence-electron chi connectivity index (χ1n) is 8.43. The van der Waals surface area contributed by atoms with E-state index in [1.165, 1.54) is 44.9 Å². The van der Waals surface area contributed by atoms with Crippen LogP contribution in [0.3, 0.4) is 0 Å². The van der Waals surface area contributed by atoms with Gasteiger partial charge in [0.05, 0.1) is 6.42 Å². The van der Waals surface area contributed by atoms with Crippen LogP contribution in [0.25, 0.3) is 0 Å². The number of carbonyl (C=O) groups is 2. The molecule has 0 spiro atoms. The van der Waals surface area contributed by atoms with Gasteiger partial charge >= 0.3 is 0 Å². The van der Waals surface area contributed by atoms with Gasteiger partial charge in [0.2, 0.25) is 0 Å². The molecule has 0 heterocycles. The van der Waals surface area contributed by atoms with Gasteiger partial charge in [0.1, 0.15) is 11.6 Å². The number of carbonyl (C=O) groups excluding carboxylic acids is 2. The highest BCUT2D eigenvalue weighted by Gasteiger charge is 2.23. The third-order valence-electron chi connectivity index (χ3n) is 3.75. The monoisotopic (exact) mass is 282 g/mol. The molecule has 0 rings (SSSR count). The van der Waals surface area contributed by atoms with Gasteiger partial charge in [-0.15, -0.1) is 0 Å². The lowest BCUT2D eigenvalue weighted by Gasteiger charge is -2.15. The fraction of sp³-hybridized carbons (Fsp3) is 0.889. The summed E-state index contributed by atoms with van der Waals surface area (Å²) in [6.07, 6.45) is 12.0. The molecule has 0 aromatic heterocycles. The topological polar surface area (TPSA) is 34.1 Å². The minimum atomic E-state index is -0.381. The molecular weight excluding hydrogens is 248 g/mol. The molecule has 0 fully saturated rings. The molecule has 2 nitrogen and oxygen atoms in total. The lowest BCUT2D eigenvalue weighted by molar-refractivity contribution is -0.131. The van der Waals surface area contributed by atoms with Crippen LogP contribution in [0.4, 0.5) is 0 Å². The average molecular weight is 282 g/mol. The largest absolute Gasteiger partial charge is 0.299 e. The van der Waals surface area contributed by atoms with E-state index < -0.39 is 0 Å². The Hall–Kier alpha value is -0.660. The second-order valence-corrected chi connectivity index (χ2v) is 6.97. The van der Waals surface area contributed by atoms with Crippen LogP contribution in [0.2, 0.25) is 0 Å². The van der Waals surface area contributed by atoms with Crippen molar-refractivity contribution in [1.29, 1.82) is 0 Å². The standard InChI is InChI=1S/C18H34O2/c1-5-6-7-8-9-10-11-12-13-14-16(19)15-17(20)18(2,3)4/h5-15H2,1-4H3. The first-order chi connectivity index (χ1) is 9.38. The molecule has 0 aromatic carbocycles. The minimum Gasteiger partial charge on any atom is -0.299 e. The molecule has 0 saturated carbocycles. The molecule has 0 N–H and O–H groups in total. The van der Waals surface area contributed by atoms with Crippen LogP contribution < -0.4 is 0 Å². The van der Waals surface area contributed by atoms with E-state index in [1.807, 2.05) is 20.8 Å². The van der Waals surface area contributed by atoms with Crippen molar-refractivity contribution in [2.24, 2.45) is 5.41 Å². The van der Waals surface area contributed by atoms with Crippen molar-refractivity contribution in [2.45, 2.75) is 98.3 Å². The zero-order valence-electron chi connectivity index (χ0n) is 14.1. The number of hydrogen-bond donors (Lipinski definition) is 0. The summed E-state index contributed by atoms with van der Waals surface area (Å²) in [4.78, 5) is 23.4. The van der Waals surface area contributed by atoms with Crippen LogP contribution in [0, 0.1) is 5.41 Å². The van der Waals surface area contributed by atoms with E-state index in [1.54, 1.807) is 0 Å². The van der Waals surface area contributed by atoms with Gasteiger partial charge in [-0.1, -0.05) is 79.1 Å². The number of ketones is 2. The van der Waals surface area contributed by atoms with E-state index in [9.17, 15) is 9.59 Å². The molecule has 0 saturated heterocycles. The van der Waals surface area contributed by atoms with Gasteiger partial charge in [-0.2, -0.15) is 0 Å². The third-order valence-corrected chi connectivity index (χ3v) is 3.75. The minimum absolute atomic E-state index is 0.0680. The van der Waals surface area contributed by atoms with Crippen molar-refractivity contribution >= 4 is 11.6 Å². The van der Waals surface area contributed by atoms with Crippen molar-refractivity contribution in [2.75, 3.05) is 0 Å². The molecule has 20 heavy (non-hydrogen) atoms. The van der Waals surface area contributed by atoms with Crippen molar-refractivity contribution in [3.8, 4) is 0 Å². The van der Waals surface area contributed by atoms with Crippen LogP contribution in [0.15, 0.2) is 0 Å². The second-order valence-electron chi connectivity index (χ2n) is 6.97. The van der Waals surface area contributed by atoms with Gasteiger partial charge in [-0.25, -0.2) is 0 Å². The van der Waals surface area contributed by atoms with Gasteiger partial charge in [-0.05, 0) is 6.42 Å². The Morgan fingerprint density at radius 3 is 1.65 bits per heavy atom. The van der Waals surface area contributed by atoms with Crippen molar-refractivity contribution in [3.05, 3.63) is 0 Å². The van der Waals surface area contributed by atoms with E-state index in [0.29, 0.717) is 6.42 Å². The van der Waals surface area contributed by atoms with Crippen LogP contribution in [-0.2, 0) is 9.59 Å². The summed E-state index contributed by atoms with van der Waals surface area (Å²) in [6, 6.07) is 0. The van der Waals surface area contributed by atoms with Gasteiger partial charge in [0.25, 0.3) is 0 Å². The smallest absolute Gasteiger partial charge is 0.145 e. The Balaban J connectivity index is 3.43. The van der Waals surface area contributed by atoms with Crippen molar-refractivity contribution in [1.82, 2.24) is 0 Å². The highest BCUT2D eigenvalue weighted by atomic mass is 16.1. The molecule has 0 unspecified atom stereocenters. The Labute approximate surface area is 125 Å². The summed E-state index contributed by atoms with van der Waals surface area (Å²) >= 11 is 0. The molecule has 0 aliphatic rings. The van der Waals surface area contributed by atoms with E-state index in [4.69, 9.17) is 0 Å². The van der Waals surface area contributed by atoms with E-state index in [-0.39, 0.29) is 23.4 Å². The fourth-order valence-electron chi connectivity index (χ4n) is 2.17. The van der Waals surface area contributed by atoms with Gasteiger partial charge in [0.15, 0.2) is 0 Å². The predicted octanol–water partition coefficient (Wildman–Crippen LogP) is 5.48. The molecule has 118 valence electrons. The van der Waals surface area contributed by atoms with Gasteiger partial charge in [-0.3, -0.25) is 9.59 Å². The molecular formula is C18H34O2. The SMILES string of the molecule is CCCCCCCCCCCC(=O)CC(=O)C(C)(C)C. The molecule has 0 atom stereocenters. The Morgan fingerprint density at radius 2 is 1.20 bits per heavy atom. The lowest BCUT2D eigenvalue weighted by atomic mass is 9.87. The van der Waals surface area contributed by atoms with Crippen LogP contribution in [0.5, 0.6) is 0 Å². The average Bonchev–Trinajstić information content (AvgIpc) is 2.35. The summed E-state index contributed by atoms with van der Waals surface area (Å²) in [5.41, 5.74) is -0.381. The van der Waals surface area contributed by atoms with Gasteiger partial charge in [0, 0.05) is 11.8 Å². The second kappa shape index (κ2) is 11.0.